The Bertz CT molecular complexity index is 611. The van der Waals surface area contributed by atoms with E-state index in [1.807, 2.05) is 30.5 Å². The Labute approximate surface area is 125 Å². The molecular weight excluding hydrogens is 300 g/mol. The molecule has 0 unspecified atom stereocenters. The molecule has 1 amide bonds. The van der Waals surface area contributed by atoms with Gasteiger partial charge >= 0.3 is 0 Å². The highest BCUT2D eigenvalue weighted by molar-refractivity contribution is 7.80. The molecule has 2 rings (SSSR count). The molecule has 0 aliphatic carbocycles. The average Bonchev–Trinajstić information content (AvgIpc) is 2.86. The number of nitrogens with one attached hydrogen (secondary N) is 2. The van der Waals surface area contributed by atoms with Gasteiger partial charge in [-0.25, -0.2) is 0 Å². The van der Waals surface area contributed by atoms with E-state index in [1.54, 1.807) is 12.1 Å². The van der Waals surface area contributed by atoms with E-state index in [1.165, 1.54) is 11.3 Å². The van der Waals surface area contributed by atoms with Gasteiger partial charge in [0.15, 0.2) is 5.11 Å². The standard InChI is InChI=1S/C13H11ClN2OS2/c1-8-7-9(14)4-5-10(8)15-13(18)16-12(17)11-3-2-6-19-11/h2-7H,1H3,(H2,15,16,17,18). The van der Waals surface area contributed by atoms with Gasteiger partial charge < -0.3 is 5.32 Å². The minimum Gasteiger partial charge on any atom is -0.332 e. The second kappa shape index (κ2) is 6.14. The summed E-state index contributed by atoms with van der Waals surface area (Å²) in [5, 5.41) is 8.38. The van der Waals surface area contributed by atoms with Gasteiger partial charge in [-0.05, 0) is 54.4 Å². The van der Waals surface area contributed by atoms with Crippen LogP contribution in [0.4, 0.5) is 5.69 Å². The molecule has 0 radical (unpaired) electrons. The van der Waals surface area contributed by atoms with Crippen LogP contribution in [-0.2, 0) is 0 Å². The average molecular weight is 311 g/mol. The van der Waals surface area contributed by atoms with Gasteiger partial charge in [-0.3, -0.25) is 10.1 Å². The lowest BCUT2D eigenvalue weighted by atomic mass is 10.2. The van der Waals surface area contributed by atoms with Crippen molar-refractivity contribution in [3.05, 3.63) is 51.2 Å². The third kappa shape index (κ3) is 3.76. The second-order valence-corrected chi connectivity index (χ2v) is 5.64. The van der Waals surface area contributed by atoms with Crippen molar-refractivity contribution in [2.24, 2.45) is 0 Å². The number of carbonyl (C=O) groups excluding carboxylic acids is 1. The van der Waals surface area contributed by atoms with Crippen molar-refractivity contribution in [1.82, 2.24) is 5.32 Å². The summed E-state index contributed by atoms with van der Waals surface area (Å²) in [6.45, 7) is 1.91. The molecule has 0 spiro atoms. The van der Waals surface area contributed by atoms with E-state index in [2.05, 4.69) is 10.6 Å². The minimum atomic E-state index is -0.209. The quantitative estimate of drug-likeness (QED) is 0.828. The van der Waals surface area contributed by atoms with Gasteiger partial charge in [0, 0.05) is 10.7 Å². The molecule has 6 heteroatoms. The van der Waals surface area contributed by atoms with Crippen LogP contribution in [0.1, 0.15) is 15.2 Å². The number of carbonyl (C=O) groups is 1. The zero-order valence-electron chi connectivity index (χ0n) is 10.1. The van der Waals surface area contributed by atoms with E-state index in [9.17, 15) is 4.79 Å². The topological polar surface area (TPSA) is 41.1 Å². The number of amides is 1. The first-order valence-corrected chi connectivity index (χ1v) is 7.15. The first kappa shape index (κ1) is 14.0. The van der Waals surface area contributed by atoms with Crippen molar-refractivity contribution in [1.29, 1.82) is 0 Å². The van der Waals surface area contributed by atoms with Crippen molar-refractivity contribution >= 4 is 51.9 Å². The normalized spacial score (nSPS) is 10.0. The summed E-state index contributed by atoms with van der Waals surface area (Å²) >= 11 is 12.4. The second-order valence-electron chi connectivity index (χ2n) is 3.84. The number of benzene rings is 1. The highest BCUT2D eigenvalue weighted by Gasteiger charge is 2.09. The summed E-state index contributed by atoms with van der Waals surface area (Å²) in [6, 6.07) is 8.98. The maximum Gasteiger partial charge on any atom is 0.267 e. The molecule has 0 aliphatic heterocycles. The summed E-state index contributed by atoms with van der Waals surface area (Å²) in [5.41, 5.74) is 1.78. The lowest BCUT2D eigenvalue weighted by Gasteiger charge is -2.11. The van der Waals surface area contributed by atoms with Gasteiger partial charge in [-0.2, -0.15) is 0 Å². The predicted octanol–water partition coefficient (Wildman–Crippen LogP) is 3.84. The van der Waals surface area contributed by atoms with Crippen LogP contribution in [0, 0.1) is 6.92 Å². The molecule has 2 N–H and O–H groups in total. The molecule has 0 atom stereocenters. The number of hydrogen-bond donors (Lipinski definition) is 2. The van der Waals surface area contributed by atoms with Crippen LogP contribution in [0.3, 0.4) is 0 Å². The van der Waals surface area contributed by atoms with Gasteiger partial charge in [-0.15, -0.1) is 11.3 Å². The van der Waals surface area contributed by atoms with Gasteiger partial charge in [0.25, 0.3) is 5.91 Å². The molecule has 3 nitrogen and oxygen atoms in total. The molecule has 1 aromatic carbocycles. The maximum absolute atomic E-state index is 11.8. The van der Waals surface area contributed by atoms with Crippen LogP contribution in [0.2, 0.25) is 5.02 Å². The van der Waals surface area contributed by atoms with Crippen molar-refractivity contribution in [3.63, 3.8) is 0 Å². The molecule has 1 aromatic heterocycles. The fraction of sp³-hybridized carbons (Fsp3) is 0.0769. The molecule has 98 valence electrons. The van der Waals surface area contributed by atoms with Crippen molar-refractivity contribution in [2.45, 2.75) is 6.92 Å². The van der Waals surface area contributed by atoms with Gasteiger partial charge in [0.1, 0.15) is 0 Å². The Morgan fingerprint density at radius 1 is 1.37 bits per heavy atom. The molecule has 0 fully saturated rings. The summed E-state index contributed by atoms with van der Waals surface area (Å²) in [4.78, 5) is 12.4. The number of hydrogen-bond acceptors (Lipinski definition) is 3. The molecule has 0 aliphatic rings. The van der Waals surface area contributed by atoms with Crippen LogP contribution in [0.15, 0.2) is 35.7 Å². The van der Waals surface area contributed by atoms with Crippen LogP contribution in [-0.4, -0.2) is 11.0 Å². The lowest BCUT2D eigenvalue weighted by molar-refractivity contribution is 0.0981. The number of aryl methyl sites for hydroxylation is 1. The van der Waals surface area contributed by atoms with Crippen molar-refractivity contribution in [2.75, 3.05) is 5.32 Å². The number of thiocarbonyl (C=S) groups is 1. The zero-order valence-corrected chi connectivity index (χ0v) is 12.5. The summed E-state index contributed by atoms with van der Waals surface area (Å²) < 4.78 is 0. The molecule has 2 aromatic rings. The number of thiophene rings is 1. The molecular formula is C13H11ClN2OS2. The molecule has 0 bridgehead atoms. The van der Waals surface area contributed by atoms with Gasteiger partial charge in [0.2, 0.25) is 0 Å². The minimum absolute atomic E-state index is 0.209. The third-order valence-corrected chi connectivity index (χ3v) is 3.72. The van der Waals surface area contributed by atoms with Crippen LogP contribution in [0.5, 0.6) is 0 Å². The fourth-order valence-electron chi connectivity index (χ4n) is 1.49. The maximum atomic E-state index is 11.8. The fourth-order valence-corrected chi connectivity index (χ4v) is 2.54. The first-order valence-electron chi connectivity index (χ1n) is 5.48. The summed E-state index contributed by atoms with van der Waals surface area (Å²) in [5.74, 6) is -0.209. The van der Waals surface area contributed by atoms with Crippen LogP contribution < -0.4 is 10.6 Å². The van der Waals surface area contributed by atoms with Crippen LogP contribution >= 0.6 is 35.2 Å². The SMILES string of the molecule is Cc1cc(Cl)ccc1NC(=S)NC(=O)c1cccs1. The largest absolute Gasteiger partial charge is 0.332 e. The monoisotopic (exact) mass is 310 g/mol. The van der Waals surface area contributed by atoms with Crippen LogP contribution in [0.25, 0.3) is 0 Å². The predicted molar refractivity (Wildman–Crippen MR) is 84.2 cm³/mol. The smallest absolute Gasteiger partial charge is 0.267 e. The van der Waals surface area contributed by atoms with Gasteiger partial charge in [0.05, 0.1) is 4.88 Å². The van der Waals surface area contributed by atoms with E-state index in [4.69, 9.17) is 23.8 Å². The third-order valence-electron chi connectivity index (χ3n) is 2.41. The Morgan fingerprint density at radius 3 is 2.79 bits per heavy atom. The molecule has 1 heterocycles. The zero-order chi connectivity index (χ0) is 13.8. The highest BCUT2D eigenvalue weighted by Crippen LogP contribution is 2.19. The molecule has 19 heavy (non-hydrogen) atoms. The molecule has 0 saturated heterocycles. The highest BCUT2D eigenvalue weighted by atomic mass is 35.5. The van der Waals surface area contributed by atoms with E-state index >= 15 is 0 Å². The Kier molecular flexibility index (Phi) is 4.52. The number of rotatable bonds is 2. The van der Waals surface area contributed by atoms with E-state index in [0.29, 0.717) is 9.90 Å². The number of anilines is 1. The summed E-state index contributed by atoms with van der Waals surface area (Å²) in [7, 11) is 0. The van der Waals surface area contributed by atoms with E-state index in [-0.39, 0.29) is 11.0 Å². The summed E-state index contributed by atoms with van der Waals surface area (Å²) in [6.07, 6.45) is 0. The Balaban J connectivity index is 2.00. The first-order chi connectivity index (χ1) is 9.06. The van der Waals surface area contributed by atoms with Crippen molar-refractivity contribution < 1.29 is 4.79 Å². The Hall–Kier alpha value is -1.43. The van der Waals surface area contributed by atoms with E-state index < -0.39 is 0 Å². The van der Waals surface area contributed by atoms with Crippen molar-refractivity contribution in [3.8, 4) is 0 Å². The Morgan fingerprint density at radius 2 is 2.16 bits per heavy atom. The lowest BCUT2D eigenvalue weighted by Crippen LogP contribution is -2.33. The molecule has 0 saturated carbocycles. The van der Waals surface area contributed by atoms with Gasteiger partial charge in [-0.1, -0.05) is 17.7 Å². The number of halogens is 1. The van der Waals surface area contributed by atoms with E-state index in [0.717, 1.165) is 11.3 Å².